The van der Waals surface area contributed by atoms with Crippen molar-refractivity contribution in [2.75, 3.05) is 39.4 Å². The van der Waals surface area contributed by atoms with Crippen molar-refractivity contribution in [2.45, 2.75) is 64.7 Å². The zero-order chi connectivity index (χ0) is 21.9. The van der Waals surface area contributed by atoms with Crippen molar-refractivity contribution >= 4 is 6.09 Å². The highest BCUT2D eigenvalue weighted by Gasteiger charge is 2.44. The van der Waals surface area contributed by atoms with Crippen LogP contribution in [0.2, 0.25) is 0 Å². The number of hydrogen-bond donors (Lipinski definition) is 2. The molecular formula is C23H36N2O5. The molecule has 1 aromatic rings. The van der Waals surface area contributed by atoms with E-state index in [1.807, 2.05) is 33.8 Å². The number of ether oxygens (including phenoxy) is 2. The van der Waals surface area contributed by atoms with E-state index in [2.05, 4.69) is 11.0 Å². The van der Waals surface area contributed by atoms with Gasteiger partial charge < -0.3 is 24.6 Å². The molecule has 3 rings (SSSR count). The highest BCUT2D eigenvalue weighted by Crippen LogP contribution is 2.30. The Morgan fingerprint density at radius 3 is 2.47 bits per heavy atom. The first-order chi connectivity index (χ1) is 14.2. The Labute approximate surface area is 179 Å². The Bertz CT molecular complexity index is 747. The average molecular weight is 421 g/mol. The van der Waals surface area contributed by atoms with Gasteiger partial charge in [-0.3, -0.25) is 4.90 Å². The molecule has 2 saturated heterocycles. The molecule has 0 saturated carbocycles. The quantitative estimate of drug-likeness (QED) is 0.761. The second-order valence-corrected chi connectivity index (χ2v) is 8.74. The predicted molar refractivity (Wildman–Crippen MR) is 115 cm³/mol. The molecule has 0 unspecified atom stereocenters. The molecule has 2 N–H and O–H groups in total. The van der Waals surface area contributed by atoms with E-state index < -0.39 is 11.7 Å². The lowest BCUT2D eigenvalue weighted by Gasteiger charge is -2.47. The van der Waals surface area contributed by atoms with E-state index in [0.717, 1.165) is 41.8 Å². The molecule has 0 radical (unpaired) electrons. The van der Waals surface area contributed by atoms with Crippen molar-refractivity contribution in [3.8, 4) is 5.75 Å². The smallest absolute Gasteiger partial charge is 0.409 e. The maximum absolute atomic E-state index is 11.9. The second-order valence-electron chi connectivity index (χ2n) is 8.74. The van der Waals surface area contributed by atoms with Crippen LogP contribution in [0.3, 0.4) is 0 Å². The third-order valence-electron chi connectivity index (χ3n) is 6.63. The number of nitrogens with zero attached hydrogens (tertiary/aromatic N) is 2. The van der Waals surface area contributed by atoms with Crippen LogP contribution in [0.25, 0.3) is 0 Å². The fraction of sp³-hybridized carbons (Fsp3) is 0.696. The van der Waals surface area contributed by atoms with Crippen LogP contribution in [0.15, 0.2) is 12.1 Å². The number of aryl methyl sites for hydroxylation is 2. The largest absolute Gasteiger partial charge is 0.490 e. The van der Waals surface area contributed by atoms with Crippen LogP contribution in [0.4, 0.5) is 4.79 Å². The summed E-state index contributed by atoms with van der Waals surface area (Å²) in [5.74, 6) is 0.787. The van der Waals surface area contributed by atoms with Crippen molar-refractivity contribution in [1.82, 2.24) is 9.80 Å². The Hall–Kier alpha value is -1.83. The summed E-state index contributed by atoms with van der Waals surface area (Å²) in [4.78, 5) is 15.9. The minimum atomic E-state index is -1.32. The molecule has 0 bridgehead atoms. The number of carbonyl (C=O) groups excluding carboxylic acids is 1. The van der Waals surface area contributed by atoms with Crippen molar-refractivity contribution in [3.63, 3.8) is 0 Å². The van der Waals surface area contributed by atoms with Crippen molar-refractivity contribution < 1.29 is 24.5 Å². The Morgan fingerprint density at radius 2 is 1.80 bits per heavy atom. The topological polar surface area (TPSA) is 82.5 Å². The maximum atomic E-state index is 11.9. The van der Waals surface area contributed by atoms with Crippen LogP contribution in [-0.2, 0) is 4.74 Å². The van der Waals surface area contributed by atoms with Crippen LogP contribution in [0.5, 0.6) is 5.75 Å². The molecule has 1 amide bonds. The van der Waals surface area contributed by atoms with Crippen LogP contribution >= 0.6 is 0 Å². The summed E-state index contributed by atoms with van der Waals surface area (Å²) in [6.07, 6.45) is 1.10. The first-order valence-electron chi connectivity index (χ1n) is 11.0. The van der Waals surface area contributed by atoms with E-state index in [0.29, 0.717) is 32.7 Å². The number of carbonyl (C=O) groups is 1. The second kappa shape index (κ2) is 9.54. The molecule has 2 aliphatic rings. The van der Waals surface area contributed by atoms with Gasteiger partial charge in [0, 0.05) is 32.2 Å². The number of piperidine rings is 2. The fourth-order valence-electron chi connectivity index (χ4n) is 4.52. The van der Waals surface area contributed by atoms with Crippen molar-refractivity contribution in [1.29, 1.82) is 0 Å². The van der Waals surface area contributed by atoms with Gasteiger partial charge in [-0.05, 0) is 63.6 Å². The standard InChI is InChI=1S/C23H36N2O5/c1-5-29-22(27)24-11-8-19(9-12-24)25-13-10-20(26)23(28,14-25)15-30-21-17(3)7-6-16(2)18(21)4/h6-7,19-20,26,28H,5,8-15H2,1-4H3/t20-,23-/m0/s1. The van der Waals surface area contributed by atoms with Gasteiger partial charge in [-0.1, -0.05) is 12.1 Å². The number of rotatable bonds is 5. The number of aliphatic hydroxyl groups excluding tert-OH is 1. The number of β-amino-alcohol motifs (C(OH)–C–C–N with tert-alkyl or cyclic N) is 1. The number of hydrogen-bond acceptors (Lipinski definition) is 6. The van der Waals surface area contributed by atoms with Gasteiger partial charge in [-0.15, -0.1) is 0 Å². The number of aliphatic hydroxyl groups is 2. The van der Waals surface area contributed by atoms with Crippen molar-refractivity contribution in [3.05, 3.63) is 28.8 Å². The molecule has 2 aliphatic heterocycles. The third kappa shape index (κ3) is 4.90. The molecule has 7 nitrogen and oxygen atoms in total. The van der Waals surface area contributed by atoms with Crippen molar-refractivity contribution in [2.24, 2.45) is 0 Å². The van der Waals surface area contributed by atoms with E-state index in [1.54, 1.807) is 4.90 Å². The first kappa shape index (κ1) is 22.8. The summed E-state index contributed by atoms with van der Waals surface area (Å²) in [5, 5.41) is 21.8. The summed E-state index contributed by atoms with van der Waals surface area (Å²) in [7, 11) is 0. The lowest BCUT2D eigenvalue weighted by molar-refractivity contribution is -0.147. The molecule has 2 atom stereocenters. The van der Waals surface area contributed by atoms with Gasteiger partial charge in [0.1, 0.15) is 18.0 Å². The van der Waals surface area contributed by atoms with Gasteiger partial charge in [0.15, 0.2) is 0 Å². The zero-order valence-electron chi connectivity index (χ0n) is 18.7. The van der Waals surface area contributed by atoms with Gasteiger partial charge in [0.2, 0.25) is 0 Å². The lowest BCUT2D eigenvalue weighted by atomic mass is 9.88. The summed E-state index contributed by atoms with van der Waals surface area (Å²) in [5.41, 5.74) is 1.91. The summed E-state index contributed by atoms with van der Waals surface area (Å²) >= 11 is 0. The molecule has 0 spiro atoms. The summed E-state index contributed by atoms with van der Waals surface area (Å²) < 4.78 is 11.2. The zero-order valence-corrected chi connectivity index (χ0v) is 18.7. The molecular weight excluding hydrogens is 384 g/mol. The van der Waals surface area contributed by atoms with Gasteiger partial charge in [0.05, 0.1) is 12.7 Å². The van der Waals surface area contributed by atoms with Crippen LogP contribution in [-0.4, -0.2) is 83.2 Å². The first-order valence-corrected chi connectivity index (χ1v) is 11.0. The van der Waals surface area contributed by atoms with Gasteiger partial charge in [-0.25, -0.2) is 4.79 Å². The van der Waals surface area contributed by atoms with Gasteiger partial charge >= 0.3 is 6.09 Å². The van der Waals surface area contributed by atoms with Gasteiger partial charge in [-0.2, -0.15) is 0 Å². The Balaban J connectivity index is 1.61. The predicted octanol–water partition coefficient (Wildman–Crippen LogP) is 2.41. The highest BCUT2D eigenvalue weighted by molar-refractivity contribution is 5.67. The molecule has 30 heavy (non-hydrogen) atoms. The Morgan fingerprint density at radius 1 is 1.13 bits per heavy atom. The number of amides is 1. The van der Waals surface area contributed by atoms with Gasteiger partial charge in [0.25, 0.3) is 0 Å². The molecule has 168 valence electrons. The highest BCUT2D eigenvalue weighted by atomic mass is 16.6. The number of benzene rings is 1. The molecule has 0 aromatic heterocycles. The van der Waals surface area contributed by atoms with E-state index in [1.165, 1.54) is 0 Å². The summed E-state index contributed by atoms with van der Waals surface area (Å²) in [6, 6.07) is 4.35. The van der Waals surface area contributed by atoms with E-state index in [4.69, 9.17) is 9.47 Å². The molecule has 0 aliphatic carbocycles. The molecule has 2 fully saturated rings. The molecule has 1 aromatic carbocycles. The van der Waals surface area contributed by atoms with E-state index >= 15 is 0 Å². The molecule has 2 heterocycles. The molecule has 7 heteroatoms. The van der Waals surface area contributed by atoms with Crippen LogP contribution in [0, 0.1) is 20.8 Å². The van der Waals surface area contributed by atoms with E-state index in [9.17, 15) is 15.0 Å². The summed E-state index contributed by atoms with van der Waals surface area (Å²) in [6.45, 7) is 10.7. The SMILES string of the molecule is CCOC(=O)N1CCC(N2CC[C@H](O)[C@@](O)(COc3c(C)ccc(C)c3C)C2)CC1. The normalized spacial score (nSPS) is 25.9. The third-order valence-corrected chi connectivity index (χ3v) is 6.63. The fourth-order valence-corrected chi connectivity index (χ4v) is 4.52. The van der Waals surface area contributed by atoms with Crippen LogP contribution < -0.4 is 4.74 Å². The minimum absolute atomic E-state index is 0.0530. The van der Waals surface area contributed by atoms with Crippen LogP contribution in [0.1, 0.15) is 42.9 Å². The number of likely N-dealkylation sites (tertiary alicyclic amines) is 2. The monoisotopic (exact) mass is 420 g/mol. The average Bonchev–Trinajstić information content (AvgIpc) is 2.73. The minimum Gasteiger partial charge on any atom is -0.490 e. The maximum Gasteiger partial charge on any atom is 0.409 e. The Kier molecular flexibility index (Phi) is 7.26. The van der Waals surface area contributed by atoms with E-state index in [-0.39, 0.29) is 18.7 Å². The lowest BCUT2D eigenvalue weighted by Crippen LogP contribution is -2.62.